The fourth-order valence-electron chi connectivity index (χ4n) is 2.43. The Bertz CT molecular complexity index is 825. The number of fused-ring (bicyclic) bond motifs is 1. The summed E-state index contributed by atoms with van der Waals surface area (Å²) in [6.45, 7) is 4.13. The van der Waals surface area contributed by atoms with E-state index in [2.05, 4.69) is 26.7 Å². The predicted molar refractivity (Wildman–Crippen MR) is 75.6 cm³/mol. The maximum absolute atomic E-state index is 11.1. The van der Waals surface area contributed by atoms with Gasteiger partial charge in [-0.15, -0.1) is 5.10 Å². The van der Waals surface area contributed by atoms with Crippen LogP contribution in [0, 0.1) is 6.92 Å². The van der Waals surface area contributed by atoms with E-state index >= 15 is 0 Å². The van der Waals surface area contributed by atoms with Crippen molar-refractivity contribution in [2.45, 2.75) is 26.7 Å². The van der Waals surface area contributed by atoms with Gasteiger partial charge in [-0.1, -0.05) is 6.92 Å². The first-order chi connectivity index (χ1) is 9.60. The van der Waals surface area contributed by atoms with E-state index in [4.69, 9.17) is 4.42 Å². The minimum atomic E-state index is -0.547. The monoisotopic (exact) mass is 272 g/mol. The Kier molecular flexibility index (Phi) is 2.93. The normalized spacial score (nSPS) is 11.3. The molecule has 0 aliphatic carbocycles. The molecule has 2 aromatic heterocycles. The van der Waals surface area contributed by atoms with Crippen LogP contribution in [0.2, 0.25) is 0 Å². The summed E-state index contributed by atoms with van der Waals surface area (Å²) in [6.07, 6.45) is 1.99. The van der Waals surface area contributed by atoms with Gasteiger partial charge in [0.15, 0.2) is 0 Å². The number of hydrogen-bond donors (Lipinski definition) is 1. The summed E-state index contributed by atoms with van der Waals surface area (Å²) in [5.41, 5.74) is 3.83. The van der Waals surface area contributed by atoms with Crippen LogP contribution in [0.3, 0.4) is 0 Å². The number of benzene rings is 1. The van der Waals surface area contributed by atoms with Crippen molar-refractivity contribution in [2.75, 3.05) is 0 Å². The molecule has 3 rings (SSSR count). The first-order valence-electron chi connectivity index (χ1n) is 6.62. The lowest BCUT2D eigenvalue weighted by molar-refractivity contribution is 0.527. The van der Waals surface area contributed by atoms with E-state index in [1.54, 1.807) is 0 Å². The second kappa shape index (κ2) is 4.63. The molecule has 0 unspecified atom stereocenters. The van der Waals surface area contributed by atoms with E-state index in [1.807, 2.05) is 26.1 Å². The van der Waals surface area contributed by atoms with Gasteiger partial charge >= 0.3 is 5.76 Å². The van der Waals surface area contributed by atoms with E-state index in [-0.39, 0.29) is 0 Å². The second-order valence-electron chi connectivity index (χ2n) is 4.92. The quantitative estimate of drug-likeness (QED) is 0.792. The zero-order valence-electron chi connectivity index (χ0n) is 11.7. The summed E-state index contributed by atoms with van der Waals surface area (Å²) in [5, 5.41) is 6.15. The summed E-state index contributed by atoms with van der Waals surface area (Å²) in [5.74, 6) is 0.818. The Morgan fingerprint density at radius 3 is 2.85 bits per heavy atom. The third kappa shape index (κ3) is 1.93. The molecular weight excluding hydrogens is 256 g/mol. The molecule has 0 spiro atoms. The molecule has 0 amide bonds. The van der Waals surface area contributed by atoms with Crippen molar-refractivity contribution in [1.29, 1.82) is 0 Å². The number of H-pyrrole nitrogens is 1. The van der Waals surface area contributed by atoms with Crippen LogP contribution in [0.1, 0.15) is 24.7 Å². The standard InChI is InChI=1S/C14H16N4O2/c1-4-5-11-15-12-8(2)6-9(7-10(12)18(11)3)13-16-17-14(19)20-13/h6-7H,4-5H2,1-3H3,(H,17,19). The molecule has 0 aliphatic rings. The predicted octanol–water partition coefficient (Wildman–Crippen LogP) is 2.18. The molecule has 0 saturated heterocycles. The molecule has 0 saturated carbocycles. The molecule has 20 heavy (non-hydrogen) atoms. The van der Waals surface area contributed by atoms with Crippen molar-refractivity contribution in [2.24, 2.45) is 7.05 Å². The van der Waals surface area contributed by atoms with Crippen LogP contribution < -0.4 is 5.76 Å². The van der Waals surface area contributed by atoms with E-state index in [1.165, 1.54) is 0 Å². The van der Waals surface area contributed by atoms with Crippen molar-refractivity contribution in [3.05, 3.63) is 34.1 Å². The summed E-state index contributed by atoms with van der Waals surface area (Å²) < 4.78 is 7.10. The zero-order valence-corrected chi connectivity index (χ0v) is 11.7. The van der Waals surface area contributed by atoms with Crippen molar-refractivity contribution >= 4 is 11.0 Å². The van der Waals surface area contributed by atoms with Crippen LogP contribution in [0.25, 0.3) is 22.5 Å². The minimum Gasteiger partial charge on any atom is -0.388 e. The maximum atomic E-state index is 11.1. The van der Waals surface area contributed by atoms with Crippen LogP contribution in [-0.2, 0) is 13.5 Å². The maximum Gasteiger partial charge on any atom is 0.434 e. The summed E-state index contributed by atoms with van der Waals surface area (Å²) in [7, 11) is 2.00. The van der Waals surface area contributed by atoms with E-state index < -0.39 is 5.76 Å². The topological polar surface area (TPSA) is 76.7 Å². The van der Waals surface area contributed by atoms with Crippen LogP contribution >= 0.6 is 0 Å². The van der Waals surface area contributed by atoms with Gasteiger partial charge in [0.2, 0.25) is 5.89 Å². The number of aromatic nitrogens is 4. The Morgan fingerprint density at radius 1 is 1.40 bits per heavy atom. The number of hydrogen-bond acceptors (Lipinski definition) is 4. The Labute approximate surface area is 115 Å². The second-order valence-corrected chi connectivity index (χ2v) is 4.92. The lowest BCUT2D eigenvalue weighted by Crippen LogP contribution is -1.96. The molecule has 6 nitrogen and oxygen atoms in total. The van der Waals surface area contributed by atoms with Gasteiger partial charge in [-0.2, -0.15) is 0 Å². The number of nitrogens with one attached hydrogen (secondary N) is 1. The van der Waals surface area contributed by atoms with Gasteiger partial charge in [0.05, 0.1) is 11.0 Å². The van der Waals surface area contributed by atoms with Crippen LogP contribution in [-0.4, -0.2) is 19.7 Å². The molecule has 2 heterocycles. The van der Waals surface area contributed by atoms with Crippen molar-refractivity contribution in [3.63, 3.8) is 0 Å². The molecule has 0 atom stereocenters. The fraction of sp³-hybridized carbons (Fsp3) is 0.357. The van der Waals surface area contributed by atoms with Gasteiger partial charge in [0, 0.05) is 19.0 Å². The molecule has 0 aliphatic heterocycles. The molecule has 0 bridgehead atoms. The molecule has 0 fully saturated rings. The molecule has 104 valence electrons. The van der Waals surface area contributed by atoms with E-state index in [0.29, 0.717) is 5.89 Å². The Balaban J connectivity index is 2.22. The molecular formula is C14H16N4O2. The number of imidazole rings is 1. The smallest absolute Gasteiger partial charge is 0.388 e. The number of aryl methyl sites for hydroxylation is 3. The highest BCUT2D eigenvalue weighted by Gasteiger charge is 2.13. The minimum absolute atomic E-state index is 0.304. The van der Waals surface area contributed by atoms with Crippen molar-refractivity contribution in [3.8, 4) is 11.5 Å². The summed E-state index contributed by atoms with van der Waals surface area (Å²) in [4.78, 5) is 15.7. The number of nitrogens with zero attached hydrogens (tertiary/aromatic N) is 3. The Morgan fingerprint density at radius 2 is 2.20 bits per heavy atom. The van der Waals surface area contributed by atoms with E-state index in [9.17, 15) is 4.79 Å². The van der Waals surface area contributed by atoms with Gasteiger partial charge < -0.3 is 8.98 Å². The highest BCUT2D eigenvalue weighted by atomic mass is 16.4. The molecule has 6 heteroatoms. The largest absolute Gasteiger partial charge is 0.434 e. The summed E-state index contributed by atoms with van der Waals surface area (Å²) >= 11 is 0. The van der Waals surface area contributed by atoms with Gasteiger partial charge in [0.1, 0.15) is 5.82 Å². The third-order valence-electron chi connectivity index (χ3n) is 3.43. The molecule has 3 aromatic rings. The lowest BCUT2D eigenvalue weighted by atomic mass is 10.1. The van der Waals surface area contributed by atoms with Gasteiger partial charge in [-0.3, -0.25) is 0 Å². The van der Waals surface area contributed by atoms with E-state index in [0.717, 1.165) is 40.8 Å². The first-order valence-corrected chi connectivity index (χ1v) is 6.62. The van der Waals surface area contributed by atoms with Crippen LogP contribution in [0.15, 0.2) is 21.3 Å². The van der Waals surface area contributed by atoms with Gasteiger partial charge in [-0.05, 0) is 31.0 Å². The molecule has 1 aromatic carbocycles. The van der Waals surface area contributed by atoms with Crippen LogP contribution in [0.4, 0.5) is 0 Å². The van der Waals surface area contributed by atoms with Crippen LogP contribution in [0.5, 0.6) is 0 Å². The SMILES string of the molecule is CCCc1nc2c(C)cc(-c3n[nH]c(=O)o3)cc2n1C. The molecule has 0 radical (unpaired) electrons. The number of rotatable bonds is 3. The fourth-order valence-corrected chi connectivity index (χ4v) is 2.43. The number of aromatic amines is 1. The molecule has 1 N–H and O–H groups in total. The lowest BCUT2D eigenvalue weighted by Gasteiger charge is -2.02. The average Bonchev–Trinajstić information content (AvgIpc) is 2.97. The average molecular weight is 272 g/mol. The van der Waals surface area contributed by atoms with Crippen molar-refractivity contribution in [1.82, 2.24) is 19.7 Å². The third-order valence-corrected chi connectivity index (χ3v) is 3.43. The first kappa shape index (κ1) is 12.7. The summed E-state index contributed by atoms with van der Waals surface area (Å²) in [6, 6.07) is 3.89. The highest BCUT2D eigenvalue weighted by Crippen LogP contribution is 2.26. The zero-order chi connectivity index (χ0) is 14.3. The van der Waals surface area contributed by atoms with Gasteiger partial charge in [0.25, 0.3) is 0 Å². The van der Waals surface area contributed by atoms with Crippen molar-refractivity contribution < 1.29 is 4.42 Å². The Hall–Kier alpha value is -2.37. The van der Waals surface area contributed by atoms with Gasteiger partial charge in [-0.25, -0.2) is 14.9 Å². The highest BCUT2D eigenvalue weighted by molar-refractivity contribution is 5.84.